The molecule has 6 heteroatoms. The summed E-state index contributed by atoms with van der Waals surface area (Å²) in [6, 6.07) is 4.93. The number of amides is 1. The van der Waals surface area contributed by atoms with Crippen LogP contribution in [0.2, 0.25) is 0 Å². The molecule has 2 aliphatic rings. The van der Waals surface area contributed by atoms with Gasteiger partial charge in [-0.25, -0.2) is 0 Å². The zero-order valence-corrected chi connectivity index (χ0v) is 11.9. The summed E-state index contributed by atoms with van der Waals surface area (Å²) in [7, 11) is 0. The van der Waals surface area contributed by atoms with Gasteiger partial charge < -0.3 is 9.64 Å². The van der Waals surface area contributed by atoms with Crippen LogP contribution in [0, 0.1) is 10.1 Å². The smallest absolute Gasteiger partial charge is 0.274 e. The van der Waals surface area contributed by atoms with E-state index in [-0.39, 0.29) is 22.6 Å². The first-order chi connectivity index (χ1) is 10.1. The molecular weight excluding hydrogens is 272 g/mol. The van der Waals surface area contributed by atoms with Crippen molar-refractivity contribution in [1.82, 2.24) is 0 Å². The maximum atomic E-state index is 12.6. The van der Waals surface area contributed by atoms with Crippen molar-refractivity contribution in [2.75, 3.05) is 11.4 Å². The molecule has 0 saturated carbocycles. The number of hydrogen-bond donors (Lipinski definition) is 0. The van der Waals surface area contributed by atoms with Crippen LogP contribution < -0.4 is 4.90 Å². The molecule has 112 valence electrons. The van der Waals surface area contributed by atoms with Crippen molar-refractivity contribution in [2.24, 2.45) is 0 Å². The summed E-state index contributed by atoms with van der Waals surface area (Å²) >= 11 is 0. The summed E-state index contributed by atoms with van der Waals surface area (Å²) in [5.74, 6) is -0.0687. The Morgan fingerprint density at radius 2 is 2.24 bits per heavy atom. The van der Waals surface area contributed by atoms with Gasteiger partial charge in [-0.3, -0.25) is 14.9 Å². The molecule has 6 nitrogen and oxygen atoms in total. The molecule has 2 atom stereocenters. The third-order valence-electron chi connectivity index (χ3n) is 4.20. The topological polar surface area (TPSA) is 72.7 Å². The molecule has 0 bridgehead atoms. The number of benzene rings is 1. The Labute approximate surface area is 122 Å². The van der Waals surface area contributed by atoms with E-state index >= 15 is 0 Å². The van der Waals surface area contributed by atoms with E-state index in [1.807, 2.05) is 6.92 Å². The molecule has 3 rings (SSSR count). The van der Waals surface area contributed by atoms with Gasteiger partial charge in [-0.15, -0.1) is 0 Å². The minimum absolute atomic E-state index is 0.0687. The number of nitro groups is 1. The fourth-order valence-corrected chi connectivity index (χ4v) is 3.16. The molecule has 1 aromatic carbocycles. The van der Waals surface area contributed by atoms with Gasteiger partial charge in [0.2, 0.25) is 0 Å². The first kappa shape index (κ1) is 14.0. The van der Waals surface area contributed by atoms with E-state index in [2.05, 4.69) is 0 Å². The van der Waals surface area contributed by atoms with Gasteiger partial charge >= 0.3 is 0 Å². The number of anilines is 1. The number of rotatable bonds is 2. The summed E-state index contributed by atoms with van der Waals surface area (Å²) < 4.78 is 5.64. The fraction of sp³-hybridized carbons (Fsp3) is 0.533. The number of carbonyl (C=O) groups excluding carboxylic acids is 1. The van der Waals surface area contributed by atoms with Crippen molar-refractivity contribution in [3.63, 3.8) is 0 Å². The summed E-state index contributed by atoms with van der Waals surface area (Å²) in [5, 5.41) is 11.1. The summed E-state index contributed by atoms with van der Waals surface area (Å²) in [4.78, 5) is 25.0. The highest BCUT2D eigenvalue weighted by Crippen LogP contribution is 2.35. The van der Waals surface area contributed by atoms with E-state index in [0.29, 0.717) is 24.2 Å². The number of hydrogen-bond acceptors (Lipinski definition) is 4. The zero-order valence-electron chi connectivity index (χ0n) is 11.9. The number of nitro benzene ring substituents is 1. The molecule has 0 spiro atoms. The minimum Gasteiger partial charge on any atom is -0.365 e. The molecule has 0 radical (unpaired) electrons. The Kier molecular flexibility index (Phi) is 3.63. The predicted molar refractivity (Wildman–Crippen MR) is 77.3 cm³/mol. The van der Waals surface area contributed by atoms with Gasteiger partial charge in [0.1, 0.15) is 6.10 Å². The van der Waals surface area contributed by atoms with Crippen LogP contribution in [0.25, 0.3) is 0 Å². The van der Waals surface area contributed by atoms with Crippen LogP contribution in [0.3, 0.4) is 0 Å². The van der Waals surface area contributed by atoms with E-state index in [1.165, 1.54) is 6.07 Å². The van der Waals surface area contributed by atoms with Crippen LogP contribution in [-0.2, 0) is 16.0 Å². The molecule has 0 aromatic heterocycles. The molecule has 1 saturated heterocycles. The third-order valence-corrected chi connectivity index (χ3v) is 4.20. The Morgan fingerprint density at radius 1 is 1.43 bits per heavy atom. The van der Waals surface area contributed by atoms with Crippen molar-refractivity contribution in [3.05, 3.63) is 33.9 Å². The average Bonchev–Trinajstić information content (AvgIpc) is 2.91. The molecule has 0 aliphatic carbocycles. The second-order valence-corrected chi connectivity index (χ2v) is 5.64. The highest BCUT2D eigenvalue weighted by atomic mass is 16.6. The maximum absolute atomic E-state index is 12.6. The first-order valence-electron chi connectivity index (χ1n) is 7.31. The van der Waals surface area contributed by atoms with Crippen molar-refractivity contribution < 1.29 is 14.5 Å². The van der Waals surface area contributed by atoms with Gasteiger partial charge in [0, 0.05) is 12.6 Å². The van der Waals surface area contributed by atoms with Crippen LogP contribution in [-0.4, -0.2) is 29.6 Å². The highest BCUT2D eigenvalue weighted by Gasteiger charge is 2.35. The van der Waals surface area contributed by atoms with Crippen molar-refractivity contribution in [3.8, 4) is 0 Å². The lowest BCUT2D eigenvalue weighted by Crippen LogP contribution is -2.42. The summed E-state index contributed by atoms with van der Waals surface area (Å²) in [5.41, 5.74) is 1.43. The normalized spacial score (nSPS) is 24.7. The molecule has 0 unspecified atom stereocenters. The maximum Gasteiger partial charge on any atom is 0.274 e. The van der Waals surface area contributed by atoms with E-state index in [9.17, 15) is 14.9 Å². The van der Waals surface area contributed by atoms with Gasteiger partial charge in [-0.05, 0) is 38.7 Å². The first-order valence-corrected chi connectivity index (χ1v) is 7.31. The van der Waals surface area contributed by atoms with Crippen molar-refractivity contribution in [2.45, 2.75) is 44.8 Å². The molecule has 1 fully saturated rings. The molecule has 2 heterocycles. The van der Waals surface area contributed by atoms with Gasteiger partial charge in [0.15, 0.2) is 0 Å². The Balaban J connectivity index is 1.92. The average molecular weight is 290 g/mol. The predicted octanol–water partition coefficient (Wildman–Crippen LogP) is 2.44. The highest BCUT2D eigenvalue weighted by molar-refractivity contribution is 5.98. The second kappa shape index (κ2) is 5.44. The summed E-state index contributed by atoms with van der Waals surface area (Å²) in [6.07, 6.45) is 2.68. The van der Waals surface area contributed by atoms with Gasteiger partial charge in [0.25, 0.3) is 11.6 Å². The van der Waals surface area contributed by atoms with Gasteiger partial charge in [-0.2, -0.15) is 0 Å². The second-order valence-electron chi connectivity index (χ2n) is 5.64. The molecule has 21 heavy (non-hydrogen) atoms. The number of nitrogens with zero attached hydrogens (tertiary/aromatic N) is 2. The lowest BCUT2D eigenvalue weighted by molar-refractivity contribution is -0.385. The van der Waals surface area contributed by atoms with Crippen LogP contribution in [0.15, 0.2) is 18.2 Å². The van der Waals surface area contributed by atoms with E-state index < -0.39 is 6.10 Å². The molecule has 0 N–H and O–H groups in total. The van der Waals surface area contributed by atoms with Crippen LogP contribution >= 0.6 is 0 Å². The van der Waals surface area contributed by atoms with Gasteiger partial charge in [0.05, 0.1) is 22.3 Å². The molecule has 1 amide bonds. The largest absolute Gasteiger partial charge is 0.365 e. The SMILES string of the molecule is C[C@H]1CC[C@H](C(=O)N2CCCc3c2cccc3[N+](=O)[O-])O1. The Bertz CT molecular complexity index is 587. The van der Waals surface area contributed by atoms with E-state index in [1.54, 1.807) is 17.0 Å². The van der Waals surface area contributed by atoms with Crippen LogP contribution in [0.5, 0.6) is 0 Å². The third kappa shape index (κ3) is 2.51. The number of fused-ring (bicyclic) bond motifs is 1. The standard InChI is InChI=1S/C15H18N2O4/c1-10-7-8-14(21-10)15(18)16-9-3-4-11-12(16)5-2-6-13(11)17(19)20/h2,5-6,10,14H,3-4,7-9H2,1H3/t10-,14+/m0/s1. The number of ether oxygens (including phenoxy) is 1. The Morgan fingerprint density at radius 3 is 2.90 bits per heavy atom. The minimum atomic E-state index is -0.412. The van der Waals surface area contributed by atoms with E-state index in [0.717, 1.165) is 19.3 Å². The van der Waals surface area contributed by atoms with Gasteiger partial charge in [-0.1, -0.05) is 6.07 Å². The molecule has 2 aliphatic heterocycles. The molecular formula is C15H18N2O4. The zero-order chi connectivity index (χ0) is 15.0. The molecule has 1 aromatic rings. The van der Waals surface area contributed by atoms with Crippen LogP contribution in [0.4, 0.5) is 11.4 Å². The van der Waals surface area contributed by atoms with E-state index in [4.69, 9.17) is 4.74 Å². The summed E-state index contributed by atoms with van der Waals surface area (Å²) in [6.45, 7) is 2.56. The van der Waals surface area contributed by atoms with Crippen molar-refractivity contribution >= 4 is 17.3 Å². The Hall–Kier alpha value is -1.95. The number of carbonyl (C=O) groups is 1. The lowest BCUT2D eigenvalue weighted by atomic mass is 9.99. The van der Waals surface area contributed by atoms with Crippen molar-refractivity contribution in [1.29, 1.82) is 0 Å². The van der Waals surface area contributed by atoms with Crippen LogP contribution in [0.1, 0.15) is 31.7 Å². The monoisotopic (exact) mass is 290 g/mol. The fourth-order valence-electron chi connectivity index (χ4n) is 3.16. The lowest BCUT2D eigenvalue weighted by Gasteiger charge is -2.31. The quantitative estimate of drug-likeness (QED) is 0.619.